The van der Waals surface area contributed by atoms with Gasteiger partial charge >= 0.3 is 0 Å². The molecule has 2 heterocycles. The lowest BCUT2D eigenvalue weighted by atomic mass is 9.77. The summed E-state index contributed by atoms with van der Waals surface area (Å²) >= 11 is 0. The van der Waals surface area contributed by atoms with Crippen molar-refractivity contribution in [2.75, 3.05) is 5.73 Å². The summed E-state index contributed by atoms with van der Waals surface area (Å²) in [6.45, 7) is 0.858. The number of anilines is 1. The van der Waals surface area contributed by atoms with Crippen molar-refractivity contribution in [3.05, 3.63) is 53.7 Å². The summed E-state index contributed by atoms with van der Waals surface area (Å²) in [5.41, 5.74) is 10.6. The van der Waals surface area contributed by atoms with Gasteiger partial charge in [0, 0.05) is 18.7 Å². The molecule has 1 aliphatic rings. The second kappa shape index (κ2) is 3.82. The van der Waals surface area contributed by atoms with Crippen LogP contribution in [0.3, 0.4) is 0 Å². The van der Waals surface area contributed by atoms with E-state index in [1.807, 2.05) is 16.7 Å². The van der Waals surface area contributed by atoms with E-state index in [2.05, 4.69) is 34.2 Å². The number of fused-ring (bicyclic) bond motifs is 2. The third-order valence-electron chi connectivity index (χ3n) is 3.90. The number of hydrogen-bond donors (Lipinski definition) is 1. The van der Waals surface area contributed by atoms with Crippen LogP contribution in [-0.2, 0) is 13.0 Å². The molecule has 4 rings (SSSR count). The van der Waals surface area contributed by atoms with E-state index in [1.165, 1.54) is 11.1 Å². The Labute approximate surface area is 110 Å². The second-order valence-corrected chi connectivity index (χ2v) is 5.03. The molecule has 0 amide bonds. The van der Waals surface area contributed by atoms with Gasteiger partial charge in [-0.25, -0.2) is 9.97 Å². The average molecular weight is 250 g/mol. The summed E-state index contributed by atoms with van der Waals surface area (Å²) in [5.74, 6) is 1.08. The minimum atomic E-state index is 0.526. The normalized spacial score (nSPS) is 17.2. The molecule has 2 aromatic heterocycles. The van der Waals surface area contributed by atoms with Gasteiger partial charge in [-0.3, -0.25) is 4.57 Å². The van der Waals surface area contributed by atoms with E-state index in [9.17, 15) is 0 Å². The molecule has 4 nitrogen and oxygen atoms in total. The fourth-order valence-electron chi connectivity index (χ4n) is 2.90. The predicted molar refractivity (Wildman–Crippen MR) is 74.8 cm³/mol. The van der Waals surface area contributed by atoms with E-state index >= 15 is 0 Å². The third kappa shape index (κ3) is 1.53. The number of nitrogen functional groups attached to an aromatic ring is 1. The van der Waals surface area contributed by atoms with Gasteiger partial charge in [0.1, 0.15) is 5.52 Å². The lowest BCUT2D eigenvalue weighted by Crippen LogP contribution is -2.22. The number of hydrogen-bond acceptors (Lipinski definition) is 3. The molecule has 2 N–H and O–H groups in total. The molecule has 0 aliphatic heterocycles. The highest BCUT2D eigenvalue weighted by Crippen LogP contribution is 2.36. The number of nitrogens with two attached hydrogens (primary N) is 1. The van der Waals surface area contributed by atoms with E-state index in [-0.39, 0.29) is 0 Å². The van der Waals surface area contributed by atoms with Crippen LogP contribution in [0, 0.1) is 0 Å². The highest BCUT2D eigenvalue weighted by molar-refractivity contribution is 5.73. The molecule has 0 bridgehead atoms. The molecule has 1 unspecified atom stereocenters. The Morgan fingerprint density at radius 3 is 3.00 bits per heavy atom. The second-order valence-electron chi connectivity index (χ2n) is 5.03. The van der Waals surface area contributed by atoms with E-state index in [0.717, 1.165) is 24.1 Å². The fourth-order valence-corrected chi connectivity index (χ4v) is 2.90. The first-order valence-electron chi connectivity index (χ1n) is 6.47. The van der Waals surface area contributed by atoms with Crippen LogP contribution in [0.2, 0.25) is 0 Å². The molecule has 0 spiro atoms. The number of pyridine rings is 1. The maximum absolute atomic E-state index is 6.01. The lowest BCUT2D eigenvalue weighted by molar-refractivity contribution is 0.519. The molecular formula is C15H14N4. The van der Waals surface area contributed by atoms with Crippen LogP contribution >= 0.6 is 0 Å². The molecule has 4 heteroatoms. The van der Waals surface area contributed by atoms with E-state index in [1.54, 1.807) is 6.20 Å². The van der Waals surface area contributed by atoms with Crippen LogP contribution < -0.4 is 5.73 Å². The molecule has 19 heavy (non-hydrogen) atoms. The molecule has 0 radical (unpaired) electrons. The molecule has 1 aromatic carbocycles. The third-order valence-corrected chi connectivity index (χ3v) is 3.90. The van der Waals surface area contributed by atoms with Crippen LogP contribution in [0.4, 0.5) is 5.95 Å². The van der Waals surface area contributed by atoms with Crippen molar-refractivity contribution in [2.45, 2.75) is 18.9 Å². The average Bonchev–Trinajstić information content (AvgIpc) is 2.72. The van der Waals surface area contributed by atoms with Crippen molar-refractivity contribution in [3.63, 3.8) is 0 Å². The van der Waals surface area contributed by atoms with Gasteiger partial charge in [-0.05, 0) is 29.7 Å². The Hall–Kier alpha value is -2.36. The van der Waals surface area contributed by atoms with E-state index < -0.39 is 0 Å². The smallest absolute Gasteiger partial charge is 0.202 e. The SMILES string of the molecule is Nc1nc2cccnc2n1CC1Cc2ccccc21. The zero-order chi connectivity index (χ0) is 12.8. The Balaban J connectivity index is 1.72. The van der Waals surface area contributed by atoms with Crippen molar-refractivity contribution in [3.8, 4) is 0 Å². The van der Waals surface area contributed by atoms with E-state index in [4.69, 9.17) is 5.73 Å². The fraction of sp³-hybridized carbons (Fsp3) is 0.200. The minimum absolute atomic E-state index is 0.526. The highest BCUT2D eigenvalue weighted by Gasteiger charge is 2.26. The molecule has 94 valence electrons. The van der Waals surface area contributed by atoms with Gasteiger partial charge in [-0.2, -0.15) is 0 Å². The van der Waals surface area contributed by atoms with Crippen LogP contribution in [0.1, 0.15) is 17.0 Å². The molecule has 3 aromatic rings. The first kappa shape index (κ1) is 10.6. The minimum Gasteiger partial charge on any atom is -0.369 e. The Morgan fingerprint density at radius 2 is 2.11 bits per heavy atom. The monoisotopic (exact) mass is 250 g/mol. The molecule has 1 atom stereocenters. The first-order valence-corrected chi connectivity index (χ1v) is 6.47. The van der Waals surface area contributed by atoms with Gasteiger partial charge in [0.15, 0.2) is 5.65 Å². The number of imidazole rings is 1. The molecule has 0 fully saturated rings. The summed E-state index contributed by atoms with van der Waals surface area (Å²) in [6.07, 6.45) is 2.90. The number of aromatic nitrogens is 3. The van der Waals surface area contributed by atoms with Crippen LogP contribution in [0.5, 0.6) is 0 Å². The van der Waals surface area contributed by atoms with Crippen LogP contribution in [0.15, 0.2) is 42.6 Å². The van der Waals surface area contributed by atoms with Crippen molar-refractivity contribution in [1.29, 1.82) is 0 Å². The predicted octanol–water partition coefficient (Wildman–Crippen LogP) is 2.35. The molecule has 0 saturated heterocycles. The Kier molecular flexibility index (Phi) is 2.12. The summed E-state index contributed by atoms with van der Waals surface area (Å²) in [6, 6.07) is 12.4. The molecular weight excluding hydrogens is 236 g/mol. The standard InChI is InChI=1S/C15H14N4/c16-15-18-13-6-3-7-17-14(13)19(15)9-11-8-10-4-1-2-5-12(10)11/h1-7,11H,8-9H2,(H2,16,18). The maximum Gasteiger partial charge on any atom is 0.202 e. The molecule has 0 saturated carbocycles. The Morgan fingerprint density at radius 1 is 1.21 bits per heavy atom. The zero-order valence-electron chi connectivity index (χ0n) is 10.5. The summed E-state index contributed by atoms with van der Waals surface area (Å²) < 4.78 is 2.02. The van der Waals surface area contributed by atoms with E-state index in [0.29, 0.717) is 11.9 Å². The largest absolute Gasteiger partial charge is 0.369 e. The Bertz CT molecular complexity index is 760. The summed E-state index contributed by atoms with van der Waals surface area (Å²) in [5, 5.41) is 0. The maximum atomic E-state index is 6.01. The van der Waals surface area contributed by atoms with Crippen molar-refractivity contribution in [2.24, 2.45) is 0 Å². The van der Waals surface area contributed by atoms with Crippen molar-refractivity contribution >= 4 is 17.1 Å². The molecule has 1 aliphatic carbocycles. The topological polar surface area (TPSA) is 56.7 Å². The first-order chi connectivity index (χ1) is 9.33. The summed E-state index contributed by atoms with van der Waals surface area (Å²) in [7, 11) is 0. The lowest BCUT2D eigenvalue weighted by Gasteiger charge is -2.30. The van der Waals surface area contributed by atoms with Crippen molar-refractivity contribution in [1.82, 2.24) is 14.5 Å². The van der Waals surface area contributed by atoms with Crippen LogP contribution in [0.25, 0.3) is 11.2 Å². The number of benzene rings is 1. The van der Waals surface area contributed by atoms with Crippen molar-refractivity contribution < 1.29 is 0 Å². The highest BCUT2D eigenvalue weighted by atomic mass is 15.2. The summed E-state index contributed by atoms with van der Waals surface area (Å²) in [4.78, 5) is 8.75. The van der Waals surface area contributed by atoms with Gasteiger partial charge in [0.05, 0.1) is 0 Å². The van der Waals surface area contributed by atoms with Crippen LogP contribution in [-0.4, -0.2) is 14.5 Å². The number of nitrogens with zero attached hydrogens (tertiary/aromatic N) is 3. The zero-order valence-corrected chi connectivity index (χ0v) is 10.5. The van der Waals surface area contributed by atoms with Gasteiger partial charge in [-0.15, -0.1) is 0 Å². The van der Waals surface area contributed by atoms with Gasteiger partial charge in [-0.1, -0.05) is 24.3 Å². The quantitative estimate of drug-likeness (QED) is 0.759. The van der Waals surface area contributed by atoms with Gasteiger partial charge in [0.2, 0.25) is 5.95 Å². The van der Waals surface area contributed by atoms with Gasteiger partial charge in [0.25, 0.3) is 0 Å². The number of rotatable bonds is 2. The van der Waals surface area contributed by atoms with Gasteiger partial charge < -0.3 is 5.73 Å².